The number of carbonyl (C=O) groups is 1. The highest BCUT2D eigenvalue weighted by Crippen LogP contribution is 2.30. The first-order chi connectivity index (χ1) is 9.40. The molecule has 0 N–H and O–H groups in total. The Morgan fingerprint density at radius 3 is 2.80 bits per heavy atom. The van der Waals surface area contributed by atoms with Gasteiger partial charge in [-0.25, -0.2) is 4.98 Å². The summed E-state index contributed by atoms with van der Waals surface area (Å²) in [5, 5.41) is 0. The van der Waals surface area contributed by atoms with Crippen LogP contribution in [-0.4, -0.2) is 40.9 Å². The zero-order valence-electron chi connectivity index (χ0n) is 10.4. The van der Waals surface area contributed by atoms with Gasteiger partial charge in [0.2, 0.25) is 11.8 Å². The van der Waals surface area contributed by atoms with Crippen LogP contribution in [0.15, 0.2) is 18.3 Å². The zero-order chi connectivity index (χ0) is 14.8. The number of hydrogen-bond acceptors (Lipinski definition) is 3. The van der Waals surface area contributed by atoms with Crippen LogP contribution in [0.1, 0.15) is 12.0 Å². The Balaban J connectivity index is 1.89. The molecule has 0 aliphatic carbocycles. The highest BCUT2D eigenvalue weighted by Gasteiger charge is 2.34. The third kappa shape index (κ3) is 3.53. The van der Waals surface area contributed by atoms with Crippen LogP contribution in [0.3, 0.4) is 0 Å². The molecule has 1 fully saturated rings. The summed E-state index contributed by atoms with van der Waals surface area (Å²) in [4.78, 5) is 16.7. The van der Waals surface area contributed by atoms with Gasteiger partial charge >= 0.3 is 6.18 Å². The number of alkyl halides is 4. The van der Waals surface area contributed by atoms with Gasteiger partial charge in [0.15, 0.2) is 0 Å². The maximum Gasteiger partial charge on any atom is 0.416 e. The van der Waals surface area contributed by atoms with Crippen molar-refractivity contribution >= 4 is 17.5 Å². The Hall–Kier alpha value is -1.50. The second-order valence-electron chi connectivity index (χ2n) is 4.36. The number of nitrogens with zero attached hydrogens (tertiary/aromatic N) is 2. The molecule has 0 bridgehead atoms. The Labute approximate surface area is 118 Å². The summed E-state index contributed by atoms with van der Waals surface area (Å²) >= 11 is 5.45. The molecule has 1 aliphatic heterocycles. The van der Waals surface area contributed by atoms with E-state index in [-0.39, 0.29) is 30.2 Å². The molecule has 1 amide bonds. The summed E-state index contributed by atoms with van der Waals surface area (Å²) in [6.07, 6.45) is -3.46. The monoisotopic (exact) mass is 308 g/mol. The molecule has 0 saturated carbocycles. The molecule has 0 spiro atoms. The van der Waals surface area contributed by atoms with Gasteiger partial charge in [-0.2, -0.15) is 13.2 Å². The minimum Gasteiger partial charge on any atom is -0.471 e. The second-order valence-corrected chi connectivity index (χ2v) is 4.74. The lowest BCUT2D eigenvalue weighted by atomic mass is 10.1. The average Bonchev–Trinajstić information content (AvgIpc) is 2.33. The number of rotatable bonds is 4. The standard InChI is InChI=1S/C12H12ClF3N2O2/c13-3-1-11(19)18-6-9(7-18)20-10-5-8(2-4-17-10)12(14,15)16/h2,4-5,9H,1,3,6-7H2. The number of pyridine rings is 1. The van der Waals surface area contributed by atoms with Gasteiger partial charge < -0.3 is 9.64 Å². The van der Waals surface area contributed by atoms with Gasteiger partial charge in [0.05, 0.1) is 18.7 Å². The van der Waals surface area contributed by atoms with E-state index in [9.17, 15) is 18.0 Å². The molecule has 110 valence electrons. The fourth-order valence-corrected chi connectivity index (χ4v) is 1.94. The van der Waals surface area contributed by atoms with E-state index in [4.69, 9.17) is 16.3 Å². The van der Waals surface area contributed by atoms with Gasteiger partial charge in [0.25, 0.3) is 0 Å². The molecule has 1 saturated heterocycles. The summed E-state index contributed by atoms with van der Waals surface area (Å²) < 4.78 is 42.8. The van der Waals surface area contributed by atoms with Crippen molar-refractivity contribution in [3.63, 3.8) is 0 Å². The van der Waals surface area contributed by atoms with Crippen LogP contribution in [0, 0.1) is 0 Å². The first-order valence-corrected chi connectivity index (χ1v) is 6.47. The third-order valence-corrected chi connectivity index (χ3v) is 3.05. The van der Waals surface area contributed by atoms with E-state index < -0.39 is 11.7 Å². The molecular weight excluding hydrogens is 297 g/mol. The summed E-state index contributed by atoms with van der Waals surface area (Å²) in [5.74, 6) is 0.0712. The topological polar surface area (TPSA) is 42.4 Å². The molecule has 0 unspecified atom stereocenters. The van der Waals surface area contributed by atoms with Gasteiger partial charge in [-0.3, -0.25) is 4.79 Å². The van der Waals surface area contributed by atoms with Crippen molar-refractivity contribution in [2.45, 2.75) is 18.7 Å². The van der Waals surface area contributed by atoms with Crippen LogP contribution in [0.2, 0.25) is 0 Å². The smallest absolute Gasteiger partial charge is 0.416 e. The normalized spacial score (nSPS) is 15.9. The van der Waals surface area contributed by atoms with Crippen LogP contribution in [0.5, 0.6) is 5.88 Å². The molecule has 1 aliphatic rings. The fraction of sp³-hybridized carbons (Fsp3) is 0.500. The summed E-state index contributed by atoms with van der Waals surface area (Å²) in [6.45, 7) is 0.682. The van der Waals surface area contributed by atoms with Crippen molar-refractivity contribution in [3.8, 4) is 5.88 Å². The summed E-state index contributed by atoms with van der Waals surface area (Å²) in [7, 11) is 0. The van der Waals surface area contributed by atoms with Crippen molar-refractivity contribution in [1.82, 2.24) is 9.88 Å². The number of amides is 1. The first-order valence-electron chi connectivity index (χ1n) is 5.94. The molecular formula is C12H12ClF3N2O2. The van der Waals surface area contributed by atoms with Gasteiger partial charge in [-0.05, 0) is 6.07 Å². The lowest BCUT2D eigenvalue weighted by Crippen LogP contribution is -2.56. The van der Waals surface area contributed by atoms with Crippen molar-refractivity contribution in [2.75, 3.05) is 19.0 Å². The number of halogens is 4. The Kier molecular flexibility index (Phi) is 4.37. The minimum atomic E-state index is -4.43. The van der Waals surface area contributed by atoms with E-state index in [0.717, 1.165) is 18.3 Å². The highest BCUT2D eigenvalue weighted by molar-refractivity contribution is 6.18. The molecule has 0 radical (unpaired) electrons. The zero-order valence-corrected chi connectivity index (χ0v) is 11.1. The molecule has 1 aromatic heterocycles. The molecule has 20 heavy (non-hydrogen) atoms. The quantitative estimate of drug-likeness (QED) is 0.802. The second kappa shape index (κ2) is 5.87. The molecule has 0 atom stereocenters. The lowest BCUT2D eigenvalue weighted by molar-refractivity contribution is -0.139. The largest absolute Gasteiger partial charge is 0.471 e. The van der Waals surface area contributed by atoms with Crippen LogP contribution >= 0.6 is 11.6 Å². The van der Waals surface area contributed by atoms with Gasteiger partial charge in [0, 0.05) is 24.6 Å². The van der Waals surface area contributed by atoms with E-state index in [0.29, 0.717) is 13.1 Å². The Morgan fingerprint density at radius 2 is 2.20 bits per heavy atom. The number of likely N-dealkylation sites (tertiary alicyclic amines) is 1. The number of ether oxygens (including phenoxy) is 1. The van der Waals surface area contributed by atoms with Crippen molar-refractivity contribution in [1.29, 1.82) is 0 Å². The molecule has 8 heteroatoms. The first kappa shape index (κ1) is 14.9. The van der Waals surface area contributed by atoms with E-state index >= 15 is 0 Å². The van der Waals surface area contributed by atoms with E-state index in [1.807, 2.05) is 0 Å². The van der Waals surface area contributed by atoms with Gasteiger partial charge in [-0.1, -0.05) is 0 Å². The fourth-order valence-electron chi connectivity index (χ4n) is 1.78. The predicted molar refractivity (Wildman–Crippen MR) is 65.6 cm³/mol. The van der Waals surface area contributed by atoms with Crippen LogP contribution in [0.4, 0.5) is 13.2 Å². The maximum absolute atomic E-state index is 12.5. The molecule has 2 heterocycles. The van der Waals surface area contributed by atoms with Gasteiger partial charge in [-0.15, -0.1) is 11.6 Å². The number of hydrogen-bond donors (Lipinski definition) is 0. The van der Waals surface area contributed by atoms with E-state index in [2.05, 4.69) is 4.98 Å². The van der Waals surface area contributed by atoms with Crippen LogP contribution < -0.4 is 4.74 Å². The minimum absolute atomic E-state index is 0.0862. The summed E-state index contributed by atoms with van der Waals surface area (Å²) in [6, 6.07) is 1.73. The highest BCUT2D eigenvalue weighted by atomic mass is 35.5. The Morgan fingerprint density at radius 1 is 1.50 bits per heavy atom. The van der Waals surface area contributed by atoms with Crippen molar-refractivity contribution in [3.05, 3.63) is 23.9 Å². The van der Waals surface area contributed by atoms with E-state index in [1.54, 1.807) is 4.90 Å². The number of aromatic nitrogens is 1. The number of carbonyl (C=O) groups excluding carboxylic acids is 1. The molecule has 2 rings (SSSR count). The molecule has 0 aromatic carbocycles. The van der Waals surface area contributed by atoms with Crippen molar-refractivity contribution < 1.29 is 22.7 Å². The summed E-state index contributed by atoms with van der Waals surface area (Å²) in [5.41, 5.74) is -0.808. The maximum atomic E-state index is 12.5. The average molecular weight is 309 g/mol. The lowest BCUT2D eigenvalue weighted by Gasteiger charge is -2.38. The van der Waals surface area contributed by atoms with Crippen molar-refractivity contribution in [2.24, 2.45) is 0 Å². The van der Waals surface area contributed by atoms with Crippen LogP contribution in [-0.2, 0) is 11.0 Å². The van der Waals surface area contributed by atoms with Crippen LogP contribution in [0.25, 0.3) is 0 Å². The predicted octanol–water partition coefficient (Wildman–Crippen LogP) is 2.32. The molecule has 4 nitrogen and oxygen atoms in total. The Bertz CT molecular complexity index is 490. The van der Waals surface area contributed by atoms with E-state index in [1.165, 1.54) is 0 Å². The molecule has 1 aromatic rings. The third-order valence-electron chi connectivity index (χ3n) is 2.86. The van der Waals surface area contributed by atoms with Gasteiger partial charge in [0.1, 0.15) is 6.10 Å². The SMILES string of the molecule is O=C(CCCl)N1CC(Oc2cc(C(F)(F)F)ccn2)C1.